The van der Waals surface area contributed by atoms with Crippen LogP contribution in [0.4, 0.5) is 0 Å². The molecule has 0 aromatic carbocycles. The molecule has 14 nitrogen and oxygen atoms in total. The predicted molar refractivity (Wildman–Crippen MR) is 118 cm³/mol. The van der Waals surface area contributed by atoms with Gasteiger partial charge in [-0.1, -0.05) is 0 Å². The Bertz CT molecular complexity index is 735. The van der Waals surface area contributed by atoms with Crippen LogP contribution in [0.15, 0.2) is 0 Å². The summed E-state index contributed by atoms with van der Waals surface area (Å²) in [5, 5.41) is 25.7. The SMILES string of the molecule is CSCCC(N)C(=O)NC(CCC(N)=O)C(=O)NC(C(=O)NC(CC(N)=O)C(=O)O)C(C)O. The van der Waals surface area contributed by atoms with Gasteiger partial charge in [0.25, 0.3) is 0 Å². The summed E-state index contributed by atoms with van der Waals surface area (Å²) in [6.45, 7) is 1.16. The zero-order valence-electron chi connectivity index (χ0n) is 18.4. The lowest BCUT2D eigenvalue weighted by Gasteiger charge is -2.26. The van der Waals surface area contributed by atoms with E-state index in [2.05, 4.69) is 10.6 Å². The quantitative estimate of drug-likeness (QED) is 0.104. The molecule has 0 bridgehead atoms. The molecule has 0 aliphatic heterocycles. The minimum atomic E-state index is -1.69. The standard InChI is InChI=1S/C18H32N6O8S/c1-8(25)14(17(30)23-11(18(31)32)7-13(21)27)24-16(29)10(3-4-12(20)26)22-15(28)9(19)5-6-33-2/h8-11,14,25H,3-7,19H2,1-2H3,(H2,20,26)(H2,21,27)(H,22,28)(H,23,30)(H,24,29)(H,31,32). The normalized spacial score (nSPS) is 15.3. The smallest absolute Gasteiger partial charge is 0.326 e. The van der Waals surface area contributed by atoms with Gasteiger partial charge in [-0.15, -0.1) is 0 Å². The van der Waals surface area contributed by atoms with Gasteiger partial charge in [0.2, 0.25) is 29.5 Å². The molecule has 5 amide bonds. The molecule has 0 saturated carbocycles. The second-order valence-corrected chi connectivity index (χ2v) is 8.24. The third kappa shape index (κ3) is 12.1. The van der Waals surface area contributed by atoms with Gasteiger partial charge in [-0.05, 0) is 31.8 Å². The summed E-state index contributed by atoms with van der Waals surface area (Å²) in [7, 11) is 0. The van der Waals surface area contributed by atoms with Crippen LogP contribution in [0.25, 0.3) is 0 Å². The van der Waals surface area contributed by atoms with E-state index in [1.807, 2.05) is 11.6 Å². The van der Waals surface area contributed by atoms with Gasteiger partial charge >= 0.3 is 5.97 Å². The Morgan fingerprint density at radius 2 is 1.45 bits per heavy atom. The van der Waals surface area contributed by atoms with Crippen molar-refractivity contribution >= 4 is 47.3 Å². The zero-order chi connectivity index (χ0) is 25.7. The lowest BCUT2D eigenvalue weighted by atomic mass is 10.1. The van der Waals surface area contributed by atoms with Gasteiger partial charge in [0, 0.05) is 6.42 Å². The Balaban J connectivity index is 5.45. The molecule has 0 aliphatic rings. The number of nitrogens with two attached hydrogens (primary N) is 3. The van der Waals surface area contributed by atoms with E-state index >= 15 is 0 Å². The number of carboxylic acid groups (broad SMARTS) is 1. The first-order valence-electron chi connectivity index (χ1n) is 9.93. The second kappa shape index (κ2) is 15.0. The lowest BCUT2D eigenvalue weighted by molar-refractivity contribution is -0.144. The summed E-state index contributed by atoms with van der Waals surface area (Å²) in [4.78, 5) is 70.9. The fourth-order valence-electron chi connectivity index (χ4n) is 2.53. The summed E-state index contributed by atoms with van der Waals surface area (Å²) < 4.78 is 0. The largest absolute Gasteiger partial charge is 0.480 e. The van der Waals surface area contributed by atoms with Crippen molar-refractivity contribution in [3.63, 3.8) is 0 Å². The van der Waals surface area contributed by atoms with E-state index in [1.165, 1.54) is 11.8 Å². The van der Waals surface area contributed by atoms with Gasteiger partial charge in [-0.2, -0.15) is 11.8 Å². The molecule has 0 aliphatic carbocycles. The van der Waals surface area contributed by atoms with Crippen LogP contribution in [-0.2, 0) is 28.8 Å². The average molecular weight is 493 g/mol. The van der Waals surface area contributed by atoms with Gasteiger partial charge in [0.1, 0.15) is 18.1 Å². The van der Waals surface area contributed by atoms with Gasteiger partial charge < -0.3 is 43.4 Å². The number of carboxylic acids is 1. The molecule has 188 valence electrons. The molecule has 0 radical (unpaired) electrons. The van der Waals surface area contributed by atoms with E-state index in [0.717, 1.165) is 6.92 Å². The Labute approximate surface area is 194 Å². The van der Waals surface area contributed by atoms with Crippen LogP contribution in [0.1, 0.15) is 32.6 Å². The number of hydrogen-bond donors (Lipinski definition) is 8. The number of primary amides is 2. The number of nitrogens with one attached hydrogen (secondary N) is 3. The monoisotopic (exact) mass is 492 g/mol. The van der Waals surface area contributed by atoms with Gasteiger partial charge in [-0.25, -0.2) is 4.79 Å². The average Bonchev–Trinajstić information content (AvgIpc) is 2.71. The number of aliphatic hydroxyl groups is 1. The van der Waals surface area contributed by atoms with Crippen LogP contribution >= 0.6 is 11.8 Å². The third-order valence-electron chi connectivity index (χ3n) is 4.36. The molecule has 0 heterocycles. The molecule has 0 aromatic rings. The molecule has 11 N–H and O–H groups in total. The maximum absolute atomic E-state index is 12.7. The van der Waals surface area contributed by atoms with Crippen LogP contribution < -0.4 is 33.2 Å². The lowest BCUT2D eigenvalue weighted by Crippen LogP contribution is -2.60. The van der Waals surface area contributed by atoms with Crippen molar-refractivity contribution in [3.05, 3.63) is 0 Å². The summed E-state index contributed by atoms with van der Waals surface area (Å²) in [6, 6.07) is -5.58. The van der Waals surface area contributed by atoms with Crippen LogP contribution in [0, 0.1) is 0 Å². The van der Waals surface area contributed by atoms with Gasteiger partial charge in [-0.3, -0.25) is 24.0 Å². The van der Waals surface area contributed by atoms with Crippen LogP contribution in [0.5, 0.6) is 0 Å². The Morgan fingerprint density at radius 3 is 1.91 bits per heavy atom. The molecule has 5 atom stereocenters. The number of amides is 5. The maximum Gasteiger partial charge on any atom is 0.326 e. The number of carbonyl (C=O) groups excluding carboxylic acids is 5. The number of carbonyl (C=O) groups is 6. The van der Waals surface area contributed by atoms with Gasteiger partial charge in [0.15, 0.2) is 0 Å². The van der Waals surface area contributed by atoms with Gasteiger partial charge in [0.05, 0.1) is 18.6 Å². The number of hydrogen-bond acceptors (Lipinski definition) is 9. The Kier molecular flexibility index (Phi) is 13.7. The molecule has 5 unspecified atom stereocenters. The molecule has 15 heteroatoms. The van der Waals surface area contributed by atoms with Crippen LogP contribution in [0.2, 0.25) is 0 Å². The van der Waals surface area contributed by atoms with Crippen molar-refractivity contribution in [2.75, 3.05) is 12.0 Å². The topological polar surface area (TPSA) is 257 Å². The summed E-state index contributed by atoms with van der Waals surface area (Å²) in [5.74, 6) is -5.41. The number of rotatable bonds is 16. The third-order valence-corrected chi connectivity index (χ3v) is 5.01. The minimum absolute atomic E-state index is 0.213. The zero-order valence-corrected chi connectivity index (χ0v) is 19.2. The highest BCUT2D eigenvalue weighted by Crippen LogP contribution is 2.04. The minimum Gasteiger partial charge on any atom is -0.480 e. The molecule has 0 rings (SSSR count). The molecule has 33 heavy (non-hydrogen) atoms. The maximum atomic E-state index is 12.7. The molecule has 0 fully saturated rings. The first-order valence-corrected chi connectivity index (χ1v) is 11.3. The van der Waals surface area contributed by atoms with Crippen LogP contribution in [-0.4, -0.2) is 88.0 Å². The van der Waals surface area contributed by atoms with Crippen molar-refractivity contribution in [1.29, 1.82) is 0 Å². The number of thioether (sulfide) groups is 1. The fraction of sp³-hybridized carbons (Fsp3) is 0.667. The molecular weight excluding hydrogens is 460 g/mol. The molecule has 0 aromatic heterocycles. The second-order valence-electron chi connectivity index (χ2n) is 7.25. The number of aliphatic carboxylic acids is 1. The summed E-state index contributed by atoms with van der Waals surface area (Å²) in [5.41, 5.74) is 15.9. The molecular formula is C18H32N6O8S. The first-order chi connectivity index (χ1) is 15.3. The van der Waals surface area contributed by atoms with E-state index in [9.17, 15) is 33.9 Å². The van der Waals surface area contributed by atoms with Crippen LogP contribution in [0.3, 0.4) is 0 Å². The molecule has 0 spiro atoms. The number of aliphatic hydroxyl groups excluding tert-OH is 1. The highest BCUT2D eigenvalue weighted by Gasteiger charge is 2.33. The van der Waals surface area contributed by atoms with Crippen molar-refractivity contribution < 1.29 is 39.0 Å². The van der Waals surface area contributed by atoms with Crippen molar-refractivity contribution in [3.8, 4) is 0 Å². The summed E-state index contributed by atoms with van der Waals surface area (Å²) in [6.07, 6.45) is -0.542. The fourth-order valence-corrected chi connectivity index (χ4v) is 3.02. The molecule has 0 saturated heterocycles. The Hall–Kier alpha value is -2.91. The van der Waals surface area contributed by atoms with Crippen molar-refractivity contribution in [2.24, 2.45) is 17.2 Å². The van der Waals surface area contributed by atoms with E-state index in [4.69, 9.17) is 22.3 Å². The van der Waals surface area contributed by atoms with E-state index in [1.54, 1.807) is 0 Å². The first kappa shape index (κ1) is 30.1. The predicted octanol–water partition coefficient (Wildman–Crippen LogP) is -3.87. The van der Waals surface area contributed by atoms with E-state index < -0.39 is 72.2 Å². The van der Waals surface area contributed by atoms with E-state index in [-0.39, 0.29) is 12.8 Å². The van der Waals surface area contributed by atoms with E-state index in [0.29, 0.717) is 12.2 Å². The van der Waals surface area contributed by atoms with Crippen molar-refractivity contribution in [2.45, 2.75) is 62.9 Å². The highest BCUT2D eigenvalue weighted by molar-refractivity contribution is 7.98. The summed E-state index contributed by atoms with van der Waals surface area (Å²) >= 11 is 1.47. The Morgan fingerprint density at radius 1 is 0.879 bits per heavy atom. The highest BCUT2D eigenvalue weighted by atomic mass is 32.2. The van der Waals surface area contributed by atoms with Crippen molar-refractivity contribution in [1.82, 2.24) is 16.0 Å².